The summed E-state index contributed by atoms with van der Waals surface area (Å²) in [5.41, 5.74) is 5.43. The molecule has 1 unspecified atom stereocenters. The van der Waals surface area contributed by atoms with Gasteiger partial charge in [0.2, 0.25) is 10.0 Å². The zero-order valence-electron chi connectivity index (χ0n) is 11.6. The second kappa shape index (κ2) is 5.98. The van der Waals surface area contributed by atoms with E-state index < -0.39 is 27.9 Å². The standard InChI is InChI=1S/C13H17FN2O4S/c1-20-13(17)11-4-2-3-7-16(11)21(18,19)12-6-5-9(14)8-10(12)15/h5-6,8,11H,2-4,7,15H2,1H3. The lowest BCUT2D eigenvalue weighted by molar-refractivity contribution is -0.146. The zero-order chi connectivity index (χ0) is 15.6. The van der Waals surface area contributed by atoms with Crippen molar-refractivity contribution in [1.29, 1.82) is 0 Å². The summed E-state index contributed by atoms with van der Waals surface area (Å²) in [6.07, 6.45) is 1.78. The van der Waals surface area contributed by atoms with E-state index in [-0.39, 0.29) is 17.1 Å². The Morgan fingerprint density at radius 1 is 1.43 bits per heavy atom. The van der Waals surface area contributed by atoms with Gasteiger partial charge in [0.1, 0.15) is 16.8 Å². The summed E-state index contributed by atoms with van der Waals surface area (Å²) >= 11 is 0. The number of esters is 1. The SMILES string of the molecule is COC(=O)C1CCCCN1S(=O)(=O)c1ccc(F)cc1N. The summed E-state index contributed by atoms with van der Waals surface area (Å²) in [5.74, 6) is -1.21. The van der Waals surface area contributed by atoms with Crippen molar-refractivity contribution in [2.24, 2.45) is 0 Å². The molecule has 2 rings (SSSR count). The van der Waals surface area contributed by atoms with Gasteiger partial charge in [0.15, 0.2) is 0 Å². The van der Waals surface area contributed by atoms with Crippen molar-refractivity contribution in [3.8, 4) is 0 Å². The zero-order valence-corrected chi connectivity index (χ0v) is 12.4. The topological polar surface area (TPSA) is 89.7 Å². The summed E-state index contributed by atoms with van der Waals surface area (Å²) in [5, 5.41) is 0. The first kappa shape index (κ1) is 15.7. The number of carbonyl (C=O) groups is 1. The molecule has 0 bridgehead atoms. The lowest BCUT2D eigenvalue weighted by atomic mass is 10.1. The van der Waals surface area contributed by atoms with Crippen LogP contribution in [0.5, 0.6) is 0 Å². The van der Waals surface area contributed by atoms with Gasteiger partial charge in [-0.3, -0.25) is 4.79 Å². The van der Waals surface area contributed by atoms with E-state index in [2.05, 4.69) is 4.74 Å². The number of nitrogens with zero attached hydrogens (tertiary/aromatic N) is 1. The number of sulfonamides is 1. The molecule has 0 spiro atoms. The summed E-state index contributed by atoms with van der Waals surface area (Å²) in [7, 11) is -2.76. The smallest absolute Gasteiger partial charge is 0.324 e. The predicted octanol–water partition coefficient (Wildman–Crippen LogP) is 1.12. The molecule has 21 heavy (non-hydrogen) atoms. The van der Waals surface area contributed by atoms with Crippen LogP contribution in [0.1, 0.15) is 19.3 Å². The number of benzene rings is 1. The van der Waals surface area contributed by atoms with E-state index in [1.54, 1.807) is 0 Å². The Balaban J connectivity index is 2.43. The molecule has 1 aromatic rings. The van der Waals surface area contributed by atoms with Gasteiger partial charge in [0.05, 0.1) is 12.8 Å². The van der Waals surface area contributed by atoms with E-state index in [1.165, 1.54) is 7.11 Å². The number of nitrogens with two attached hydrogens (primary N) is 1. The molecule has 1 aliphatic rings. The largest absolute Gasteiger partial charge is 0.468 e. The van der Waals surface area contributed by atoms with Gasteiger partial charge in [-0.05, 0) is 37.5 Å². The minimum atomic E-state index is -3.97. The first-order valence-electron chi connectivity index (χ1n) is 6.52. The fraction of sp³-hybridized carbons (Fsp3) is 0.462. The number of anilines is 1. The number of piperidine rings is 1. The molecule has 0 saturated carbocycles. The van der Waals surface area contributed by atoms with Gasteiger partial charge in [-0.25, -0.2) is 12.8 Å². The lowest BCUT2D eigenvalue weighted by Crippen LogP contribution is -2.48. The van der Waals surface area contributed by atoms with Gasteiger partial charge in [-0.2, -0.15) is 4.31 Å². The van der Waals surface area contributed by atoms with Gasteiger partial charge >= 0.3 is 5.97 Å². The minimum absolute atomic E-state index is 0.177. The molecule has 0 radical (unpaired) electrons. The maximum Gasteiger partial charge on any atom is 0.324 e. The van der Waals surface area contributed by atoms with Crippen molar-refractivity contribution in [3.05, 3.63) is 24.0 Å². The second-order valence-electron chi connectivity index (χ2n) is 4.83. The third-order valence-corrected chi connectivity index (χ3v) is 5.47. The van der Waals surface area contributed by atoms with Crippen LogP contribution in [-0.4, -0.2) is 38.4 Å². The summed E-state index contributed by atoms with van der Waals surface area (Å²) < 4.78 is 44.2. The molecular formula is C13H17FN2O4S. The van der Waals surface area contributed by atoms with Crippen molar-refractivity contribution >= 4 is 21.7 Å². The van der Waals surface area contributed by atoms with Crippen LogP contribution in [0.3, 0.4) is 0 Å². The minimum Gasteiger partial charge on any atom is -0.468 e. The Bertz CT molecular complexity index is 648. The Labute approximate surface area is 122 Å². The van der Waals surface area contributed by atoms with Crippen molar-refractivity contribution in [3.63, 3.8) is 0 Å². The normalized spacial score (nSPS) is 20.2. The van der Waals surface area contributed by atoms with Crippen LogP contribution in [0.25, 0.3) is 0 Å². The fourth-order valence-corrected chi connectivity index (χ4v) is 4.19. The number of hydrogen-bond acceptors (Lipinski definition) is 5. The molecule has 1 aromatic carbocycles. The van der Waals surface area contributed by atoms with Crippen LogP contribution in [0.15, 0.2) is 23.1 Å². The van der Waals surface area contributed by atoms with Crippen LogP contribution in [0.2, 0.25) is 0 Å². The molecule has 0 aliphatic carbocycles. The number of ether oxygens (including phenoxy) is 1. The molecular weight excluding hydrogens is 299 g/mol. The number of methoxy groups -OCH3 is 1. The highest BCUT2D eigenvalue weighted by molar-refractivity contribution is 7.89. The van der Waals surface area contributed by atoms with Crippen molar-refractivity contribution in [1.82, 2.24) is 4.31 Å². The number of halogens is 1. The van der Waals surface area contributed by atoms with E-state index in [1.807, 2.05) is 0 Å². The van der Waals surface area contributed by atoms with Crippen LogP contribution in [0.4, 0.5) is 10.1 Å². The Morgan fingerprint density at radius 3 is 2.76 bits per heavy atom. The molecule has 1 aliphatic heterocycles. The molecule has 116 valence electrons. The van der Waals surface area contributed by atoms with E-state index in [4.69, 9.17) is 5.73 Å². The Morgan fingerprint density at radius 2 is 2.14 bits per heavy atom. The molecule has 6 nitrogen and oxygen atoms in total. The van der Waals surface area contributed by atoms with E-state index in [9.17, 15) is 17.6 Å². The van der Waals surface area contributed by atoms with E-state index in [0.29, 0.717) is 12.8 Å². The fourth-order valence-electron chi connectivity index (χ4n) is 2.44. The van der Waals surface area contributed by atoms with Crippen LogP contribution in [0, 0.1) is 5.82 Å². The Kier molecular flexibility index (Phi) is 4.48. The lowest BCUT2D eigenvalue weighted by Gasteiger charge is -2.32. The summed E-state index contributed by atoms with van der Waals surface area (Å²) in [6.45, 7) is 0.207. The maximum absolute atomic E-state index is 13.1. The third-order valence-electron chi connectivity index (χ3n) is 3.49. The van der Waals surface area contributed by atoms with Crippen molar-refractivity contribution < 1.29 is 22.3 Å². The molecule has 1 heterocycles. The molecule has 1 fully saturated rings. The van der Waals surface area contributed by atoms with Crippen molar-refractivity contribution in [2.75, 3.05) is 19.4 Å². The number of carbonyl (C=O) groups excluding carboxylic acids is 1. The quantitative estimate of drug-likeness (QED) is 0.667. The van der Waals surface area contributed by atoms with Crippen molar-refractivity contribution in [2.45, 2.75) is 30.2 Å². The summed E-state index contributed by atoms with van der Waals surface area (Å²) in [6, 6.07) is 2.23. The highest BCUT2D eigenvalue weighted by Crippen LogP contribution is 2.29. The Hall–Kier alpha value is -1.67. The molecule has 1 saturated heterocycles. The predicted molar refractivity (Wildman–Crippen MR) is 74.4 cm³/mol. The van der Waals surface area contributed by atoms with Crippen LogP contribution in [-0.2, 0) is 19.6 Å². The highest BCUT2D eigenvalue weighted by Gasteiger charge is 2.39. The molecule has 2 N–H and O–H groups in total. The van der Waals surface area contributed by atoms with Crippen LogP contribution >= 0.6 is 0 Å². The average Bonchev–Trinajstić information content (AvgIpc) is 2.46. The van der Waals surface area contributed by atoms with E-state index >= 15 is 0 Å². The van der Waals surface area contributed by atoms with Gasteiger partial charge < -0.3 is 10.5 Å². The van der Waals surface area contributed by atoms with Gasteiger partial charge in [0, 0.05) is 6.54 Å². The van der Waals surface area contributed by atoms with Crippen LogP contribution < -0.4 is 5.73 Å². The number of rotatable bonds is 3. The second-order valence-corrected chi connectivity index (χ2v) is 6.69. The number of nitrogen functional groups attached to an aromatic ring is 1. The first-order chi connectivity index (χ1) is 9.87. The van der Waals surface area contributed by atoms with Gasteiger partial charge in [0.25, 0.3) is 0 Å². The third kappa shape index (κ3) is 3.01. The molecule has 8 heteroatoms. The molecule has 0 aromatic heterocycles. The molecule has 0 amide bonds. The van der Waals surface area contributed by atoms with E-state index in [0.717, 1.165) is 28.9 Å². The monoisotopic (exact) mass is 316 g/mol. The summed E-state index contributed by atoms with van der Waals surface area (Å²) in [4.78, 5) is 11.6. The van der Waals surface area contributed by atoms with Gasteiger partial charge in [-0.15, -0.1) is 0 Å². The number of hydrogen-bond donors (Lipinski definition) is 1. The highest BCUT2D eigenvalue weighted by atomic mass is 32.2. The maximum atomic E-state index is 13.1. The van der Waals surface area contributed by atoms with Gasteiger partial charge in [-0.1, -0.05) is 0 Å². The first-order valence-corrected chi connectivity index (χ1v) is 7.96. The molecule has 1 atom stereocenters. The average molecular weight is 316 g/mol.